The second kappa shape index (κ2) is 6.35. The molecule has 21 heavy (non-hydrogen) atoms. The molecular formula is C16H16F2N2O. The molecule has 0 aromatic heterocycles. The van der Waals surface area contributed by atoms with Crippen LogP contribution >= 0.6 is 0 Å². The molecule has 0 aliphatic carbocycles. The number of nitrogens with one attached hydrogen (secondary N) is 1. The quantitative estimate of drug-likeness (QED) is 0.851. The van der Waals surface area contributed by atoms with Crippen molar-refractivity contribution in [2.24, 2.45) is 0 Å². The van der Waals surface area contributed by atoms with E-state index in [1.807, 2.05) is 0 Å². The van der Waals surface area contributed by atoms with Crippen molar-refractivity contribution in [3.63, 3.8) is 0 Å². The summed E-state index contributed by atoms with van der Waals surface area (Å²) in [7, 11) is 0. The van der Waals surface area contributed by atoms with Crippen molar-refractivity contribution in [1.82, 2.24) is 5.32 Å². The van der Waals surface area contributed by atoms with Crippen LogP contribution in [0.5, 0.6) is 0 Å². The molecule has 1 amide bonds. The molecule has 0 spiro atoms. The smallest absolute Gasteiger partial charge is 0.251 e. The van der Waals surface area contributed by atoms with Crippen molar-refractivity contribution < 1.29 is 13.6 Å². The van der Waals surface area contributed by atoms with Crippen LogP contribution in [0.3, 0.4) is 0 Å². The summed E-state index contributed by atoms with van der Waals surface area (Å²) in [6.07, 6.45) is 0.493. The molecule has 0 heterocycles. The second-order valence-corrected chi connectivity index (χ2v) is 4.81. The summed E-state index contributed by atoms with van der Waals surface area (Å²) >= 11 is 0. The monoisotopic (exact) mass is 290 g/mol. The average molecular weight is 290 g/mol. The number of anilines is 1. The molecule has 0 unspecified atom stereocenters. The molecule has 3 N–H and O–H groups in total. The number of hydrogen-bond acceptors (Lipinski definition) is 2. The molecule has 5 heteroatoms. The maximum absolute atomic E-state index is 13.5. The number of carbonyl (C=O) groups excluding carboxylic acids is 1. The van der Waals surface area contributed by atoms with Gasteiger partial charge in [-0.05, 0) is 43.2 Å². The summed E-state index contributed by atoms with van der Waals surface area (Å²) in [5.74, 6) is -1.23. The first-order chi connectivity index (χ1) is 9.97. The molecule has 110 valence electrons. The van der Waals surface area contributed by atoms with Crippen molar-refractivity contribution in [3.05, 3.63) is 64.7 Å². The van der Waals surface area contributed by atoms with Crippen LogP contribution in [0, 0.1) is 18.6 Å². The number of nitrogens with two attached hydrogens (primary N) is 1. The molecule has 0 bridgehead atoms. The molecule has 2 aromatic rings. The minimum atomic E-state index is -0.509. The Hall–Kier alpha value is -2.43. The van der Waals surface area contributed by atoms with Gasteiger partial charge in [0.05, 0.1) is 0 Å². The molecule has 0 fully saturated rings. The highest BCUT2D eigenvalue weighted by Gasteiger charge is 2.10. The second-order valence-electron chi connectivity index (χ2n) is 4.81. The van der Waals surface area contributed by atoms with Gasteiger partial charge in [-0.3, -0.25) is 4.79 Å². The van der Waals surface area contributed by atoms with Crippen molar-refractivity contribution in [3.8, 4) is 0 Å². The fourth-order valence-electron chi connectivity index (χ4n) is 1.95. The maximum Gasteiger partial charge on any atom is 0.251 e. The third-order valence-electron chi connectivity index (χ3n) is 3.23. The van der Waals surface area contributed by atoms with Crippen molar-refractivity contribution in [1.29, 1.82) is 0 Å². The van der Waals surface area contributed by atoms with Gasteiger partial charge in [0.2, 0.25) is 0 Å². The zero-order chi connectivity index (χ0) is 15.4. The number of halogens is 2. The lowest BCUT2D eigenvalue weighted by molar-refractivity contribution is 0.0953. The van der Waals surface area contributed by atoms with Crippen LogP contribution in [-0.4, -0.2) is 12.5 Å². The van der Waals surface area contributed by atoms with Crippen LogP contribution in [0.4, 0.5) is 14.5 Å². The number of benzene rings is 2. The molecule has 2 rings (SSSR count). The summed E-state index contributed by atoms with van der Waals surface area (Å²) in [6, 6.07) is 8.76. The van der Waals surface area contributed by atoms with Crippen LogP contribution in [0.1, 0.15) is 21.5 Å². The number of hydrogen-bond donors (Lipinski definition) is 2. The largest absolute Gasteiger partial charge is 0.398 e. The zero-order valence-corrected chi connectivity index (χ0v) is 11.6. The summed E-state index contributed by atoms with van der Waals surface area (Å²) < 4.78 is 26.5. The zero-order valence-electron chi connectivity index (χ0n) is 11.6. The first kappa shape index (κ1) is 15.0. The Balaban J connectivity index is 1.96. The lowest BCUT2D eigenvalue weighted by Crippen LogP contribution is -2.26. The third-order valence-corrected chi connectivity index (χ3v) is 3.23. The molecule has 0 aliphatic heterocycles. The van der Waals surface area contributed by atoms with Gasteiger partial charge < -0.3 is 11.1 Å². The first-order valence-electron chi connectivity index (χ1n) is 6.55. The van der Waals surface area contributed by atoms with E-state index in [4.69, 9.17) is 5.73 Å². The molecule has 0 atom stereocenters. The van der Waals surface area contributed by atoms with Gasteiger partial charge in [0.1, 0.15) is 11.6 Å². The summed E-state index contributed by atoms with van der Waals surface area (Å²) in [5.41, 5.74) is 7.16. The van der Waals surface area contributed by atoms with E-state index in [-0.39, 0.29) is 17.1 Å². The lowest BCUT2D eigenvalue weighted by Gasteiger charge is -2.08. The van der Waals surface area contributed by atoms with E-state index in [1.54, 1.807) is 19.1 Å². The Labute approximate surface area is 121 Å². The van der Waals surface area contributed by atoms with Crippen molar-refractivity contribution in [2.45, 2.75) is 13.3 Å². The van der Waals surface area contributed by atoms with Crippen molar-refractivity contribution in [2.75, 3.05) is 12.3 Å². The summed E-state index contributed by atoms with van der Waals surface area (Å²) in [5, 5.41) is 2.66. The van der Waals surface area contributed by atoms with Gasteiger partial charge in [-0.2, -0.15) is 0 Å². The number of nitrogen functional groups attached to an aromatic ring is 1. The molecule has 0 aliphatic rings. The number of carbonyl (C=O) groups is 1. The van der Waals surface area contributed by atoms with E-state index in [0.29, 0.717) is 18.5 Å². The van der Waals surface area contributed by atoms with E-state index >= 15 is 0 Å². The van der Waals surface area contributed by atoms with Crippen molar-refractivity contribution >= 4 is 11.6 Å². The molecule has 0 saturated heterocycles. The third kappa shape index (κ3) is 3.78. The predicted octanol–water partition coefficient (Wildman–Crippen LogP) is 2.83. The molecule has 3 nitrogen and oxygen atoms in total. The SMILES string of the molecule is Cc1c(N)cc(C(=O)NCCc2cccc(F)c2)cc1F. The minimum Gasteiger partial charge on any atom is -0.398 e. The molecule has 0 saturated carbocycles. The standard InChI is InChI=1S/C16H16F2N2O/c1-10-14(18)8-12(9-15(10)19)16(21)20-6-5-11-3-2-4-13(17)7-11/h2-4,7-9H,5-6,19H2,1H3,(H,20,21). The Bertz CT molecular complexity index is 648. The van der Waals surface area contributed by atoms with Gasteiger partial charge in [0.25, 0.3) is 5.91 Å². The number of rotatable bonds is 4. The van der Waals surface area contributed by atoms with Gasteiger partial charge >= 0.3 is 0 Å². The first-order valence-corrected chi connectivity index (χ1v) is 6.55. The number of amides is 1. The topological polar surface area (TPSA) is 55.1 Å². The van der Waals surface area contributed by atoms with Crippen LogP contribution in [0.25, 0.3) is 0 Å². The van der Waals surface area contributed by atoms with E-state index in [1.165, 1.54) is 18.2 Å². The summed E-state index contributed by atoms with van der Waals surface area (Å²) in [4.78, 5) is 11.9. The fraction of sp³-hybridized carbons (Fsp3) is 0.188. The van der Waals surface area contributed by atoms with Gasteiger partial charge in [0, 0.05) is 23.4 Å². The van der Waals surface area contributed by atoms with Crippen LogP contribution in [0.2, 0.25) is 0 Å². The van der Waals surface area contributed by atoms with E-state index in [0.717, 1.165) is 11.6 Å². The Morgan fingerprint density at radius 3 is 2.67 bits per heavy atom. The van der Waals surface area contributed by atoms with Crippen LogP contribution < -0.4 is 11.1 Å². The highest BCUT2D eigenvalue weighted by molar-refractivity contribution is 5.95. The van der Waals surface area contributed by atoms with Gasteiger partial charge in [0.15, 0.2) is 0 Å². The normalized spacial score (nSPS) is 10.4. The van der Waals surface area contributed by atoms with E-state index < -0.39 is 11.7 Å². The van der Waals surface area contributed by atoms with Gasteiger partial charge in [-0.25, -0.2) is 8.78 Å². The highest BCUT2D eigenvalue weighted by atomic mass is 19.1. The van der Waals surface area contributed by atoms with Gasteiger partial charge in [-0.15, -0.1) is 0 Å². The average Bonchev–Trinajstić information content (AvgIpc) is 2.44. The van der Waals surface area contributed by atoms with E-state index in [2.05, 4.69) is 5.32 Å². The Morgan fingerprint density at radius 1 is 1.24 bits per heavy atom. The maximum atomic E-state index is 13.5. The fourth-order valence-corrected chi connectivity index (χ4v) is 1.95. The Morgan fingerprint density at radius 2 is 2.00 bits per heavy atom. The highest BCUT2D eigenvalue weighted by Crippen LogP contribution is 2.17. The minimum absolute atomic E-state index is 0.176. The van der Waals surface area contributed by atoms with Gasteiger partial charge in [-0.1, -0.05) is 12.1 Å². The predicted molar refractivity (Wildman–Crippen MR) is 78.0 cm³/mol. The van der Waals surface area contributed by atoms with E-state index in [9.17, 15) is 13.6 Å². The molecule has 2 aromatic carbocycles. The molecular weight excluding hydrogens is 274 g/mol. The lowest BCUT2D eigenvalue weighted by atomic mass is 10.1. The summed E-state index contributed by atoms with van der Waals surface area (Å²) in [6.45, 7) is 1.88. The van der Waals surface area contributed by atoms with Crippen LogP contribution in [-0.2, 0) is 6.42 Å². The molecule has 0 radical (unpaired) electrons. The Kier molecular flexibility index (Phi) is 4.52. The van der Waals surface area contributed by atoms with Crippen LogP contribution in [0.15, 0.2) is 36.4 Å².